The largest absolute Gasteiger partial charge is 0.492 e. The predicted molar refractivity (Wildman–Crippen MR) is 83.0 cm³/mol. The molecule has 0 spiro atoms. The zero-order valence-electron chi connectivity index (χ0n) is 13.1. The Morgan fingerprint density at radius 3 is 2.21 bits per heavy atom. The van der Waals surface area contributed by atoms with Gasteiger partial charge in [0.05, 0.1) is 0 Å². The summed E-state index contributed by atoms with van der Waals surface area (Å²) >= 11 is 0. The highest BCUT2D eigenvalue weighted by Gasteiger charge is 2.13. The number of hydrogen-bond acceptors (Lipinski definition) is 2. The summed E-state index contributed by atoms with van der Waals surface area (Å²) in [6, 6.07) is 8.94. The van der Waals surface area contributed by atoms with Gasteiger partial charge in [0.15, 0.2) is 0 Å². The van der Waals surface area contributed by atoms with Crippen LogP contribution in [0.5, 0.6) is 5.75 Å². The molecular weight excluding hydrogens is 234 g/mol. The van der Waals surface area contributed by atoms with Crippen LogP contribution in [-0.2, 0) is 5.41 Å². The van der Waals surface area contributed by atoms with Crippen LogP contribution in [0.3, 0.4) is 0 Å². The molecule has 0 heterocycles. The normalized spacial score (nSPS) is 13.3. The zero-order valence-corrected chi connectivity index (χ0v) is 13.1. The van der Waals surface area contributed by atoms with Crippen molar-refractivity contribution < 1.29 is 4.74 Å². The minimum Gasteiger partial charge on any atom is -0.492 e. The molecule has 0 saturated carbocycles. The third-order valence-electron chi connectivity index (χ3n) is 3.30. The van der Waals surface area contributed by atoms with Gasteiger partial charge in [0, 0.05) is 6.04 Å². The van der Waals surface area contributed by atoms with Gasteiger partial charge >= 0.3 is 0 Å². The Morgan fingerprint density at radius 1 is 1.11 bits per heavy atom. The predicted octanol–water partition coefficient (Wildman–Crippen LogP) is 4.14. The highest BCUT2D eigenvalue weighted by Crippen LogP contribution is 2.24. The summed E-state index contributed by atoms with van der Waals surface area (Å²) in [6.45, 7) is 12.8. The van der Waals surface area contributed by atoms with Gasteiger partial charge in [-0.25, -0.2) is 0 Å². The van der Waals surface area contributed by atoms with Crippen molar-refractivity contribution in [2.24, 2.45) is 0 Å². The van der Waals surface area contributed by atoms with Gasteiger partial charge in [0.2, 0.25) is 0 Å². The first-order valence-electron chi connectivity index (χ1n) is 7.44. The van der Waals surface area contributed by atoms with Gasteiger partial charge in [0.25, 0.3) is 0 Å². The molecule has 1 N–H and O–H groups in total. The summed E-state index contributed by atoms with van der Waals surface area (Å²) in [5.41, 5.74) is 1.55. The lowest BCUT2D eigenvalue weighted by atomic mass is 9.87. The van der Waals surface area contributed by atoms with Crippen LogP contribution in [0.15, 0.2) is 24.3 Å². The molecule has 0 amide bonds. The van der Waals surface area contributed by atoms with E-state index in [0.29, 0.717) is 6.04 Å². The van der Waals surface area contributed by atoms with Crippen molar-refractivity contribution in [2.45, 2.75) is 58.9 Å². The molecule has 2 heteroatoms. The first-order valence-corrected chi connectivity index (χ1v) is 7.44. The molecule has 19 heavy (non-hydrogen) atoms. The Hall–Kier alpha value is -1.02. The van der Waals surface area contributed by atoms with Crippen molar-refractivity contribution in [3.63, 3.8) is 0 Å². The van der Waals surface area contributed by atoms with E-state index in [1.54, 1.807) is 0 Å². The lowest BCUT2D eigenvalue weighted by Gasteiger charge is -2.20. The Bertz CT molecular complexity index is 345. The molecule has 0 fully saturated rings. The van der Waals surface area contributed by atoms with Crippen molar-refractivity contribution in [3.8, 4) is 5.75 Å². The van der Waals surface area contributed by atoms with Crippen molar-refractivity contribution >= 4 is 0 Å². The lowest BCUT2D eigenvalue weighted by molar-refractivity contribution is 0.257. The summed E-state index contributed by atoms with van der Waals surface area (Å²) in [5, 5.41) is 3.46. The fourth-order valence-electron chi connectivity index (χ4n) is 2.13. The van der Waals surface area contributed by atoms with Gasteiger partial charge < -0.3 is 10.1 Å². The molecule has 0 aliphatic carbocycles. The van der Waals surface area contributed by atoms with Gasteiger partial charge in [-0.05, 0) is 36.1 Å². The molecule has 1 aromatic rings. The van der Waals surface area contributed by atoms with Crippen LogP contribution in [0.25, 0.3) is 0 Å². The maximum absolute atomic E-state index is 5.88. The fourth-order valence-corrected chi connectivity index (χ4v) is 2.13. The third kappa shape index (κ3) is 5.65. The van der Waals surface area contributed by atoms with Crippen molar-refractivity contribution in [2.75, 3.05) is 13.2 Å². The average Bonchev–Trinajstić information content (AvgIpc) is 2.36. The Morgan fingerprint density at radius 2 is 1.74 bits per heavy atom. The maximum atomic E-state index is 5.88. The summed E-state index contributed by atoms with van der Waals surface area (Å²) in [6.07, 6.45) is 2.35. The van der Waals surface area contributed by atoms with Crippen molar-refractivity contribution in [3.05, 3.63) is 29.8 Å². The summed E-state index contributed by atoms with van der Waals surface area (Å²) < 4.78 is 5.88. The summed E-state index contributed by atoms with van der Waals surface area (Å²) in [5.74, 6) is 0.965. The van der Waals surface area contributed by atoms with Gasteiger partial charge in [0.1, 0.15) is 12.4 Å². The molecular formula is C17H29NO. The number of hydrogen-bond donors (Lipinski definition) is 1. The van der Waals surface area contributed by atoms with Crippen LogP contribution in [-0.4, -0.2) is 19.2 Å². The van der Waals surface area contributed by atoms with Crippen LogP contribution in [0.4, 0.5) is 0 Å². The molecule has 1 aromatic carbocycles. The number of likely N-dealkylation sites (N-methyl/N-ethyl adjacent to an activating group) is 1. The molecule has 0 bridgehead atoms. The van der Waals surface area contributed by atoms with Gasteiger partial charge in [-0.15, -0.1) is 0 Å². The average molecular weight is 263 g/mol. The molecule has 0 saturated heterocycles. The highest BCUT2D eigenvalue weighted by molar-refractivity contribution is 5.31. The van der Waals surface area contributed by atoms with E-state index in [1.807, 2.05) is 0 Å². The molecule has 0 aliphatic heterocycles. The van der Waals surface area contributed by atoms with Crippen LogP contribution in [0.2, 0.25) is 0 Å². The quantitative estimate of drug-likeness (QED) is 0.798. The van der Waals surface area contributed by atoms with E-state index in [-0.39, 0.29) is 5.41 Å². The molecule has 1 atom stereocenters. The van der Waals surface area contributed by atoms with E-state index in [9.17, 15) is 0 Å². The smallest absolute Gasteiger partial charge is 0.119 e. The van der Waals surface area contributed by atoms with Crippen LogP contribution in [0, 0.1) is 0 Å². The van der Waals surface area contributed by atoms with E-state index < -0.39 is 0 Å². The highest BCUT2D eigenvalue weighted by atomic mass is 16.5. The lowest BCUT2D eigenvalue weighted by Crippen LogP contribution is -2.34. The number of benzene rings is 1. The molecule has 1 unspecified atom stereocenters. The van der Waals surface area contributed by atoms with Crippen molar-refractivity contribution in [1.29, 1.82) is 0 Å². The van der Waals surface area contributed by atoms with E-state index in [1.165, 1.54) is 12.0 Å². The maximum Gasteiger partial charge on any atom is 0.119 e. The van der Waals surface area contributed by atoms with Gasteiger partial charge in [-0.2, -0.15) is 0 Å². The molecule has 2 nitrogen and oxygen atoms in total. The standard InChI is InChI=1S/C17H29NO/c1-6-8-15(18-7-2)13-19-16-11-9-14(10-12-16)17(3,4)5/h9-12,15,18H,6-8,13H2,1-5H3. The Balaban J connectivity index is 2.53. The van der Waals surface area contributed by atoms with Crippen LogP contribution < -0.4 is 10.1 Å². The van der Waals surface area contributed by atoms with Gasteiger partial charge in [-0.3, -0.25) is 0 Å². The minimum atomic E-state index is 0.201. The van der Waals surface area contributed by atoms with Gasteiger partial charge in [-0.1, -0.05) is 53.2 Å². The minimum absolute atomic E-state index is 0.201. The molecule has 0 radical (unpaired) electrons. The second kappa shape index (κ2) is 7.54. The first kappa shape index (κ1) is 16.0. The molecule has 0 aliphatic rings. The van der Waals surface area contributed by atoms with Crippen LogP contribution in [0.1, 0.15) is 53.0 Å². The number of rotatable bonds is 7. The van der Waals surface area contributed by atoms with Crippen LogP contribution >= 0.6 is 0 Å². The SMILES string of the molecule is CCCC(COc1ccc(C(C)(C)C)cc1)NCC. The van der Waals surface area contributed by atoms with E-state index in [2.05, 4.69) is 64.2 Å². The zero-order chi connectivity index (χ0) is 14.3. The molecule has 1 rings (SSSR count). The van der Waals surface area contributed by atoms with Crippen molar-refractivity contribution in [1.82, 2.24) is 5.32 Å². The molecule has 0 aromatic heterocycles. The Kier molecular flexibility index (Phi) is 6.36. The first-order chi connectivity index (χ1) is 8.97. The monoisotopic (exact) mass is 263 g/mol. The molecule has 108 valence electrons. The Labute approximate surface area is 118 Å². The summed E-state index contributed by atoms with van der Waals surface area (Å²) in [4.78, 5) is 0. The topological polar surface area (TPSA) is 21.3 Å². The second-order valence-corrected chi connectivity index (χ2v) is 6.13. The number of nitrogens with one attached hydrogen (secondary N) is 1. The third-order valence-corrected chi connectivity index (χ3v) is 3.30. The van der Waals surface area contributed by atoms with E-state index >= 15 is 0 Å². The second-order valence-electron chi connectivity index (χ2n) is 6.13. The van der Waals surface area contributed by atoms with E-state index in [4.69, 9.17) is 4.74 Å². The van der Waals surface area contributed by atoms with E-state index in [0.717, 1.165) is 25.3 Å². The fraction of sp³-hybridized carbons (Fsp3) is 0.647. The number of ether oxygens (including phenoxy) is 1. The summed E-state index contributed by atoms with van der Waals surface area (Å²) in [7, 11) is 0.